The molecule has 0 saturated carbocycles. The Morgan fingerprint density at radius 3 is 2.67 bits per heavy atom. The predicted molar refractivity (Wildman–Crippen MR) is 40.8 cm³/mol. The van der Waals surface area contributed by atoms with E-state index < -0.39 is 11.6 Å². The van der Waals surface area contributed by atoms with Crippen molar-refractivity contribution in [3.8, 4) is 0 Å². The van der Waals surface area contributed by atoms with Crippen LogP contribution in [0.4, 0.5) is 14.5 Å². The summed E-state index contributed by atoms with van der Waals surface area (Å²) in [5.41, 5.74) is -0.0648. The molecule has 1 aromatic carbocycles. The standard InChI is InChI=1S/C8H7F2NO/c1-11(5-12)7-4-2-3-6(9)8(7)10/h2-5H,1H3. The molecule has 2 nitrogen and oxygen atoms in total. The van der Waals surface area contributed by atoms with Crippen LogP contribution in [0.15, 0.2) is 18.2 Å². The quantitative estimate of drug-likeness (QED) is 0.618. The minimum Gasteiger partial charge on any atom is -0.315 e. The van der Waals surface area contributed by atoms with E-state index in [-0.39, 0.29) is 5.69 Å². The molecule has 1 aromatic rings. The third-order valence-electron chi connectivity index (χ3n) is 1.47. The lowest BCUT2D eigenvalue weighted by Gasteiger charge is -2.10. The van der Waals surface area contributed by atoms with E-state index in [0.717, 1.165) is 11.0 Å². The molecule has 12 heavy (non-hydrogen) atoms. The summed E-state index contributed by atoms with van der Waals surface area (Å²) >= 11 is 0. The van der Waals surface area contributed by atoms with Gasteiger partial charge in [-0.1, -0.05) is 6.07 Å². The van der Waals surface area contributed by atoms with E-state index in [4.69, 9.17) is 0 Å². The Balaban J connectivity index is 3.15. The molecule has 0 aliphatic heterocycles. The van der Waals surface area contributed by atoms with Gasteiger partial charge in [-0.2, -0.15) is 0 Å². The summed E-state index contributed by atoms with van der Waals surface area (Å²) in [5, 5.41) is 0. The summed E-state index contributed by atoms with van der Waals surface area (Å²) in [6, 6.07) is 3.66. The van der Waals surface area contributed by atoms with E-state index in [2.05, 4.69) is 0 Å². The van der Waals surface area contributed by atoms with E-state index in [1.54, 1.807) is 0 Å². The highest BCUT2D eigenvalue weighted by molar-refractivity contribution is 5.74. The molecule has 0 atom stereocenters. The van der Waals surface area contributed by atoms with Crippen LogP contribution < -0.4 is 4.90 Å². The Bertz CT molecular complexity index is 301. The second-order valence-corrected chi connectivity index (χ2v) is 2.29. The molecule has 0 aliphatic rings. The minimum absolute atomic E-state index is 0.0648. The lowest BCUT2D eigenvalue weighted by atomic mass is 10.3. The number of hydrogen-bond acceptors (Lipinski definition) is 1. The molecule has 0 saturated heterocycles. The van der Waals surface area contributed by atoms with Gasteiger partial charge in [0.2, 0.25) is 6.41 Å². The molecule has 0 aromatic heterocycles. The van der Waals surface area contributed by atoms with Crippen molar-refractivity contribution in [1.82, 2.24) is 0 Å². The summed E-state index contributed by atoms with van der Waals surface area (Å²) in [4.78, 5) is 11.2. The topological polar surface area (TPSA) is 20.3 Å². The average Bonchev–Trinajstić information content (AvgIpc) is 2.08. The molecule has 4 heteroatoms. The molecule has 0 spiro atoms. The number of rotatable bonds is 2. The van der Waals surface area contributed by atoms with Crippen LogP contribution in [0.3, 0.4) is 0 Å². The van der Waals surface area contributed by atoms with Crippen LogP contribution in [0.5, 0.6) is 0 Å². The Hall–Kier alpha value is -1.45. The van der Waals surface area contributed by atoms with Crippen LogP contribution >= 0.6 is 0 Å². The number of nitrogens with zero attached hydrogens (tertiary/aromatic N) is 1. The number of amides is 1. The number of anilines is 1. The molecule has 0 aliphatic carbocycles. The van der Waals surface area contributed by atoms with Crippen molar-refractivity contribution in [2.24, 2.45) is 0 Å². The molecule has 64 valence electrons. The lowest BCUT2D eigenvalue weighted by Crippen LogP contribution is -2.15. The first kappa shape index (κ1) is 8.64. The van der Waals surface area contributed by atoms with Crippen molar-refractivity contribution < 1.29 is 13.6 Å². The number of benzene rings is 1. The summed E-state index contributed by atoms with van der Waals surface area (Å²) in [6.07, 6.45) is 0.415. The van der Waals surface area contributed by atoms with Gasteiger partial charge >= 0.3 is 0 Å². The fraction of sp³-hybridized carbons (Fsp3) is 0.125. The number of hydrogen-bond donors (Lipinski definition) is 0. The van der Waals surface area contributed by atoms with Gasteiger partial charge in [0.05, 0.1) is 5.69 Å². The number of carbonyl (C=O) groups is 1. The van der Waals surface area contributed by atoms with E-state index >= 15 is 0 Å². The number of halogens is 2. The Labute approximate surface area is 68.4 Å². The molecule has 0 radical (unpaired) electrons. The van der Waals surface area contributed by atoms with Gasteiger partial charge in [-0.25, -0.2) is 8.78 Å². The minimum atomic E-state index is -1.01. The van der Waals surface area contributed by atoms with E-state index in [0.29, 0.717) is 6.41 Å². The second kappa shape index (κ2) is 3.30. The van der Waals surface area contributed by atoms with Crippen molar-refractivity contribution in [1.29, 1.82) is 0 Å². The summed E-state index contributed by atoms with van der Waals surface area (Å²) in [7, 11) is 1.35. The Kier molecular flexibility index (Phi) is 2.38. The third-order valence-corrected chi connectivity index (χ3v) is 1.47. The molecule has 1 rings (SSSR count). The highest BCUT2D eigenvalue weighted by Crippen LogP contribution is 2.18. The average molecular weight is 171 g/mol. The maximum absolute atomic E-state index is 12.9. The molecule has 0 heterocycles. The van der Waals surface area contributed by atoms with Crippen LogP contribution in [0.2, 0.25) is 0 Å². The van der Waals surface area contributed by atoms with Gasteiger partial charge < -0.3 is 4.90 Å². The predicted octanol–water partition coefficient (Wildman–Crippen LogP) is 1.56. The zero-order valence-corrected chi connectivity index (χ0v) is 6.42. The maximum Gasteiger partial charge on any atom is 0.213 e. The molecular weight excluding hydrogens is 164 g/mol. The molecule has 0 bridgehead atoms. The van der Waals surface area contributed by atoms with Crippen molar-refractivity contribution in [3.05, 3.63) is 29.8 Å². The summed E-state index contributed by atoms with van der Waals surface area (Å²) in [6.45, 7) is 0. The van der Waals surface area contributed by atoms with Crippen LogP contribution in [0.25, 0.3) is 0 Å². The maximum atomic E-state index is 12.9. The Morgan fingerprint density at radius 2 is 2.08 bits per heavy atom. The highest BCUT2D eigenvalue weighted by Gasteiger charge is 2.09. The van der Waals surface area contributed by atoms with Gasteiger partial charge in [-0.05, 0) is 12.1 Å². The first-order chi connectivity index (χ1) is 5.66. The zero-order valence-electron chi connectivity index (χ0n) is 6.42. The molecule has 0 fully saturated rings. The molecule has 1 amide bonds. The first-order valence-corrected chi connectivity index (χ1v) is 3.29. The largest absolute Gasteiger partial charge is 0.315 e. The third kappa shape index (κ3) is 1.42. The van der Waals surface area contributed by atoms with E-state index in [1.165, 1.54) is 19.2 Å². The molecular formula is C8H7F2NO. The van der Waals surface area contributed by atoms with E-state index in [1.807, 2.05) is 0 Å². The smallest absolute Gasteiger partial charge is 0.213 e. The van der Waals surface area contributed by atoms with Gasteiger partial charge in [0, 0.05) is 7.05 Å². The highest BCUT2D eigenvalue weighted by atomic mass is 19.2. The van der Waals surface area contributed by atoms with Crippen molar-refractivity contribution in [2.45, 2.75) is 0 Å². The summed E-state index contributed by atoms with van der Waals surface area (Å²) < 4.78 is 25.4. The second-order valence-electron chi connectivity index (χ2n) is 2.29. The van der Waals surface area contributed by atoms with Gasteiger partial charge in [0.25, 0.3) is 0 Å². The normalized spacial score (nSPS) is 9.58. The van der Waals surface area contributed by atoms with Crippen molar-refractivity contribution in [3.63, 3.8) is 0 Å². The van der Waals surface area contributed by atoms with Gasteiger partial charge in [-0.3, -0.25) is 4.79 Å². The fourth-order valence-electron chi connectivity index (χ4n) is 0.822. The molecule has 0 unspecified atom stereocenters. The number of carbonyl (C=O) groups excluding carboxylic acids is 1. The van der Waals surface area contributed by atoms with Crippen LogP contribution in [-0.2, 0) is 4.79 Å². The van der Waals surface area contributed by atoms with Crippen LogP contribution in [0, 0.1) is 11.6 Å². The van der Waals surface area contributed by atoms with Crippen molar-refractivity contribution in [2.75, 3.05) is 11.9 Å². The fourth-order valence-corrected chi connectivity index (χ4v) is 0.822. The van der Waals surface area contributed by atoms with Crippen LogP contribution in [-0.4, -0.2) is 13.5 Å². The van der Waals surface area contributed by atoms with Gasteiger partial charge in [0.15, 0.2) is 11.6 Å². The van der Waals surface area contributed by atoms with Crippen LogP contribution in [0.1, 0.15) is 0 Å². The summed E-state index contributed by atoms with van der Waals surface area (Å²) in [5.74, 6) is -1.96. The van der Waals surface area contributed by atoms with Crippen molar-refractivity contribution >= 4 is 12.1 Å². The SMILES string of the molecule is CN(C=O)c1cccc(F)c1F. The Morgan fingerprint density at radius 1 is 1.42 bits per heavy atom. The zero-order chi connectivity index (χ0) is 9.14. The first-order valence-electron chi connectivity index (χ1n) is 3.29. The lowest BCUT2D eigenvalue weighted by molar-refractivity contribution is -0.107. The van der Waals surface area contributed by atoms with Gasteiger partial charge in [0.1, 0.15) is 0 Å². The molecule has 0 N–H and O–H groups in total. The van der Waals surface area contributed by atoms with Gasteiger partial charge in [-0.15, -0.1) is 0 Å². The van der Waals surface area contributed by atoms with E-state index in [9.17, 15) is 13.6 Å². The monoisotopic (exact) mass is 171 g/mol.